The predicted molar refractivity (Wildman–Crippen MR) is 83.5 cm³/mol. The first-order valence-electron chi connectivity index (χ1n) is 8.22. The summed E-state index contributed by atoms with van der Waals surface area (Å²) in [7, 11) is 0. The van der Waals surface area contributed by atoms with Gasteiger partial charge < -0.3 is 0 Å². The van der Waals surface area contributed by atoms with Crippen molar-refractivity contribution in [3.05, 3.63) is 35.4 Å². The van der Waals surface area contributed by atoms with Crippen molar-refractivity contribution in [2.75, 3.05) is 13.1 Å². The highest BCUT2D eigenvalue weighted by Crippen LogP contribution is 2.32. The Morgan fingerprint density at radius 1 is 1.38 bits per heavy atom. The second-order valence-electron chi connectivity index (χ2n) is 6.66. The number of halogens is 3. The summed E-state index contributed by atoms with van der Waals surface area (Å²) in [5, 5.41) is 10.5. The molecule has 1 fully saturated rings. The summed E-state index contributed by atoms with van der Waals surface area (Å²) >= 11 is 0. The highest BCUT2D eigenvalue weighted by atomic mass is 19.4. The maximum absolute atomic E-state index is 12.7. The predicted octanol–water partition coefficient (Wildman–Crippen LogP) is 3.59. The van der Waals surface area contributed by atoms with Gasteiger partial charge in [0, 0.05) is 36.9 Å². The molecule has 132 valence electrons. The zero-order chi connectivity index (χ0) is 17.3. The van der Waals surface area contributed by atoms with Crippen LogP contribution in [0.3, 0.4) is 0 Å². The number of hydrogen-bond acceptors (Lipinski definition) is 3. The summed E-state index contributed by atoms with van der Waals surface area (Å²) in [6.45, 7) is 6.52. The van der Waals surface area contributed by atoms with Crippen molar-refractivity contribution in [1.82, 2.24) is 24.9 Å². The van der Waals surface area contributed by atoms with E-state index in [0.29, 0.717) is 18.3 Å². The summed E-state index contributed by atoms with van der Waals surface area (Å²) in [6.07, 6.45) is -0.606. The lowest BCUT2D eigenvalue weighted by Crippen LogP contribution is -2.34. The first kappa shape index (κ1) is 17.0. The number of piperidine rings is 1. The van der Waals surface area contributed by atoms with Gasteiger partial charge in [0.1, 0.15) is 0 Å². The standard InChI is InChI=1S/C16H22F3N5/c1-11(2)24-7-5-13(22-24)10-23-6-3-4-12(9-23)14-8-15(21-20-14)16(17,18)19/h5,7-8,11-12H,3-4,6,9-10H2,1-2H3,(H,20,21)/t12-/m1/s1. The molecule has 8 heteroatoms. The lowest BCUT2D eigenvalue weighted by molar-refractivity contribution is -0.141. The number of aromatic amines is 1. The summed E-state index contributed by atoms with van der Waals surface area (Å²) in [6, 6.07) is 3.46. The van der Waals surface area contributed by atoms with Crippen LogP contribution in [0.25, 0.3) is 0 Å². The van der Waals surface area contributed by atoms with Gasteiger partial charge in [0.15, 0.2) is 5.69 Å². The van der Waals surface area contributed by atoms with Gasteiger partial charge in [0.25, 0.3) is 0 Å². The number of aromatic nitrogens is 4. The van der Waals surface area contributed by atoms with Crippen LogP contribution in [0.5, 0.6) is 0 Å². The quantitative estimate of drug-likeness (QED) is 0.925. The molecular weight excluding hydrogens is 319 g/mol. The molecule has 0 aromatic carbocycles. The fraction of sp³-hybridized carbons (Fsp3) is 0.625. The molecule has 1 atom stereocenters. The molecule has 0 bridgehead atoms. The number of nitrogens with one attached hydrogen (secondary N) is 1. The molecular formula is C16H22F3N5. The Morgan fingerprint density at radius 3 is 2.79 bits per heavy atom. The SMILES string of the molecule is CC(C)n1ccc(CN2CCC[C@@H](c3cc(C(F)(F)F)n[nH]3)C2)n1. The third-order valence-corrected chi connectivity index (χ3v) is 4.41. The molecule has 0 saturated carbocycles. The average molecular weight is 341 g/mol. The normalized spacial score (nSPS) is 20.0. The maximum Gasteiger partial charge on any atom is 0.435 e. The van der Waals surface area contributed by atoms with E-state index in [9.17, 15) is 13.2 Å². The van der Waals surface area contributed by atoms with Gasteiger partial charge in [-0.2, -0.15) is 23.4 Å². The largest absolute Gasteiger partial charge is 0.435 e. The zero-order valence-electron chi connectivity index (χ0n) is 13.8. The Labute approximate surface area is 138 Å². The Morgan fingerprint density at radius 2 is 2.17 bits per heavy atom. The maximum atomic E-state index is 12.7. The molecule has 24 heavy (non-hydrogen) atoms. The van der Waals surface area contributed by atoms with Crippen molar-refractivity contribution < 1.29 is 13.2 Å². The number of likely N-dealkylation sites (tertiary alicyclic amines) is 1. The van der Waals surface area contributed by atoms with Gasteiger partial charge >= 0.3 is 6.18 Å². The van der Waals surface area contributed by atoms with Crippen molar-refractivity contribution in [2.24, 2.45) is 0 Å². The molecule has 3 rings (SSSR count). The first-order valence-corrected chi connectivity index (χ1v) is 8.22. The lowest BCUT2D eigenvalue weighted by atomic mass is 9.94. The summed E-state index contributed by atoms with van der Waals surface area (Å²) in [5.74, 6) is 0.0505. The third kappa shape index (κ3) is 3.80. The van der Waals surface area contributed by atoms with Crippen LogP contribution in [0.2, 0.25) is 0 Å². The van der Waals surface area contributed by atoms with Crippen LogP contribution in [0.1, 0.15) is 55.7 Å². The molecule has 1 saturated heterocycles. The highest BCUT2D eigenvalue weighted by molar-refractivity contribution is 5.16. The van der Waals surface area contributed by atoms with Crippen LogP contribution in [0, 0.1) is 0 Å². The van der Waals surface area contributed by atoms with E-state index in [4.69, 9.17) is 0 Å². The van der Waals surface area contributed by atoms with Crippen molar-refractivity contribution >= 4 is 0 Å². The Hall–Kier alpha value is -1.83. The van der Waals surface area contributed by atoms with E-state index in [-0.39, 0.29) is 5.92 Å². The molecule has 0 radical (unpaired) electrons. The van der Waals surface area contributed by atoms with Crippen molar-refractivity contribution in [1.29, 1.82) is 0 Å². The number of rotatable bonds is 4. The third-order valence-electron chi connectivity index (χ3n) is 4.41. The van der Waals surface area contributed by atoms with Crippen molar-refractivity contribution in [3.8, 4) is 0 Å². The monoisotopic (exact) mass is 341 g/mol. The van der Waals surface area contributed by atoms with Gasteiger partial charge in [-0.1, -0.05) is 0 Å². The summed E-state index contributed by atoms with van der Waals surface area (Å²) < 4.78 is 40.0. The lowest BCUT2D eigenvalue weighted by Gasteiger charge is -2.31. The van der Waals surface area contributed by atoms with Crippen LogP contribution in [0.4, 0.5) is 13.2 Å². The van der Waals surface area contributed by atoms with Gasteiger partial charge in [0.2, 0.25) is 0 Å². The van der Waals surface area contributed by atoms with Crippen LogP contribution in [-0.2, 0) is 12.7 Å². The van der Waals surface area contributed by atoms with Crippen LogP contribution >= 0.6 is 0 Å². The zero-order valence-corrected chi connectivity index (χ0v) is 13.8. The van der Waals surface area contributed by atoms with Gasteiger partial charge in [0.05, 0.1) is 5.69 Å². The minimum atomic E-state index is -4.40. The fourth-order valence-corrected chi connectivity index (χ4v) is 3.12. The number of alkyl halides is 3. The number of H-pyrrole nitrogens is 1. The summed E-state index contributed by atoms with van der Waals surface area (Å²) in [4.78, 5) is 2.25. The van der Waals surface area contributed by atoms with E-state index in [1.165, 1.54) is 0 Å². The molecule has 0 aliphatic carbocycles. The van der Waals surface area contributed by atoms with E-state index < -0.39 is 11.9 Å². The number of hydrogen-bond donors (Lipinski definition) is 1. The van der Waals surface area contributed by atoms with E-state index in [1.807, 2.05) is 16.9 Å². The number of nitrogens with zero attached hydrogens (tertiary/aromatic N) is 4. The molecule has 1 aliphatic rings. The second kappa shape index (κ2) is 6.58. The van der Waals surface area contributed by atoms with E-state index in [2.05, 4.69) is 34.0 Å². The van der Waals surface area contributed by atoms with Crippen LogP contribution in [-0.4, -0.2) is 38.0 Å². The van der Waals surface area contributed by atoms with E-state index in [0.717, 1.165) is 37.7 Å². The Balaban J connectivity index is 1.64. The van der Waals surface area contributed by atoms with E-state index >= 15 is 0 Å². The van der Waals surface area contributed by atoms with Gasteiger partial charge in [-0.05, 0) is 45.4 Å². The molecule has 5 nitrogen and oxygen atoms in total. The smallest absolute Gasteiger partial charge is 0.297 e. The van der Waals surface area contributed by atoms with Crippen LogP contribution in [0.15, 0.2) is 18.3 Å². The minimum Gasteiger partial charge on any atom is -0.297 e. The van der Waals surface area contributed by atoms with Crippen LogP contribution < -0.4 is 0 Å². The molecule has 0 amide bonds. The average Bonchev–Trinajstić information content (AvgIpc) is 3.16. The van der Waals surface area contributed by atoms with Crippen molar-refractivity contribution in [2.45, 2.75) is 51.4 Å². The highest BCUT2D eigenvalue weighted by Gasteiger charge is 2.35. The first-order chi connectivity index (χ1) is 11.3. The molecule has 0 unspecified atom stereocenters. The summed E-state index contributed by atoms with van der Waals surface area (Å²) in [5.41, 5.74) is 0.718. The Bertz CT molecular complexity index is 673. The van der Waals surface area contributed by atoms with Gasteiger partial charge in [-0.25, -0.2) is 0 Å². The molecule has 1 aliphatic heterocycles. The Kier molecular flexibility index (Phi) is 4.67. The minimum absolute atomic E-state index is 0.0505. The molecule has 2 aromatic heterocycles. The molecule has 2 aromatic rings. The van der Waals surface area contributed by atoms with Crippen molar-refractivity contribution in [3.63, 3.8) is 0 Å². The van der Waals surface area contributed by atoms with E-state index in [1.54, 1.807) is 0 Å². The topological polar surface area (TPSA) is 49.7 Å². The van der Waals surface area contributed by atoms with Gasteiger partial charge in [-0.15, -0.1) is 0 Å². The molecule has 0 spiro atoms. The van der Waals surface area contributed by atoms with Gasteiger partial charge in [-0.3, -0.25) is 14.7 Å². The molecule has 1 N–H and O–H groups in total. The fourth-order valence-electron chi connectivity index (χ4n) is 3.12. The molecule has 3 heterocycles. The second-order valence-corrected chi connectivity index (χ2v) is 6.66.